The van der Waals surface area contributed by atoms with Crippen LogP contribution in [0.25, 0.3) is 0 Å². The fraction of sp³-hybridized carbons (Fsp3) is 0.571. The van der Waals surface area contributed by atoms with Crippen LogP contribution < -0.4 is 10.6 Å². The first-order chi connectivity index (χ1) is 8.95. The minimum Gasteiger partial charge on any atom is -0.351 e. The highest BCUT2D eigenvalue weighted by molar-refractivity contribution is 7.09. The lowest BCUT2D eigenvalue weighted by Gasteiger charge is -2.18. The van der Waals surface area contributed by atoms with Crippen molar-refractivity contribution in [3.05, 3.63) is 28.7 Å². The van der Waals surface area contributed by atoms with Crippen LogP contribution in [0.5, 0.6) is 0 Å². The van der Waals surface area contributed by atoms with E-state index in [9.17, 15) is 4.79 Å². The van der Waals surface area contributed by atoms with Crippen LogP contribution in [0.3, 0.4) is 0 Å². The topological polar surface area (TPSA) is 54.0 Å². The molecule has 0 spiro atoms. The van der Waals surface area contributed by atoms with Gasteiger partial charge in [0, 0.05) is 23.9 Å². The van der Waals surface area contributed by atoms with E-state index in [0.717, 1.165) is 10.7 Å². The minimum atomic E-state index is -0.251. The Labute approximate surface area is 119 Å². The summed E-state index contributed by atoms with van der Waals surface area (Å²) >= 11 is 1.67. The first-order valence-corrected chi connectivity index (χ1v) is 7.43. The number of hydrogen-bond acceptors (Lipinski definition) is 4. The Morgan fingerprint density at radius 3 is 2.68 bits per heavy atom. The lowest BCUT2D eigenvalue weighted by Crippen LogP contribution is -2.43. The van der Waals surface area contributed by atoms with Crippen LogP contribution >= 0.6 is 11.3 Å². The van der Waals surface area contributed by atoms with Gasteiger partial charge in [-0.15, -0.1) is 17.9 Å². The minimum absolute atomic E-state index is 0.0222. The van der Waals surface area contributed by atoms with Gasteiger partial charge in [-0.2, -0.15) is 0 Å². The van der Waals surface area contributed by atoms with Crippen LogP contribution in [-0.2, 0) is 4.79 Å². The molecule has 4 nitrogen and oxygen atoms in total. The molecule has 1 rings (SSSR count). The summed E-state index contributed by atoms with van der Waals surface area (Å²) in [7, 11) is 0. The molecule has 2 atom stereocenters. The third-order valence-electron chi connectivity index (χ3n) is 2.79. The van der Waals surface area contributed by atoms with Crippen molar-refractivity contribution in [1.82, 2.24) is 15.6 Å². The number of amides is 1. The molecule has 1 heterocycles. The highest BCUT2D eigenvalue weighted by atomic mass is 32.1. The van der Waals surface area contributed by atoms with Gasteiger partial charge in [-0.1, -0.05) is 19.9 Å². The third-order valence-corrected chi connectivity index (χ3v) is 3.95. The average molecular weight is 281 g/mol. The molecule has 0 saturated carbocycles. The second-order valence-corrected chi connectivity index (χ2v) is 5.80. The molecule has 0 unspecified atom stereocenters. The molecule has 0 radical (unpaired) electrons. The van der Waals surface area contributed by atoms with Crippen molar-refractivity contribution in [2.75, 3.05) is 6.54 Å². The molecular weight excluding hydrogens is 258 g/mol. The van der Waals surface area contributed by atoms with Crippen LogP contribution in [-0.4, -0.2) is 23.5 Å². The monoisotopic (exact) mass is 281 g/mol. The number of nitrogens with zero attached hydrogens (tertiary/aromatic N) is 1. The van der Waals surface area contributed by atoms with Gasteiger partial charge in [0.2, 0.25) is 5.91 Å². The Balaban J connectivity index is 2.55. The number of carbonyl (C=O) groups excluding carboxylic acids is 1. The molecule has 5 heteroatoms. The zero-order chi connectivity index (χ0) is 14.4. The highest BCUT2D eigenvalue weighted by Gasteiger charge is 2.17. The van der Waals surface area contributed by atoms with Crippen molar-refractivity contribution >= 4 is 17.2 Å². The quantitative estimate of drug-likeness (QED) is 0.755. The fourth-order valence-corrected chi connectivity index (χ4v) is 2.56. The van der Waals surface area contributed by atoms with Gasteiger partial charge in [0.1, 0.15) is 0 Å². The maximum atomic E-state index is 11.7. The Kier molecular flexibility index (Phi) is 6.18. The first-order valence-electron chi connectivity index (χ1n) is 6.55. The van der Waals surface area contributed by atoms with Gasteiger partial charge in [-0.05, 0) is 13.8 Å². The largest absolute Gasteiger partial charge is 0.351 e. The average Bonchev–Trinajstić information content (AvgIpc) is 2.85. The molecule has 0 aromatic carbocycles. The number of hydrogen-bond donors (Lipinski definition) is 2. The summed E-state index contributed by atoms with van der Waals surface area (Å²) in [6, 6.07) is -0.188. The predicted octanol–water partition coefficient (Wildman–Crippen LogP) is 2.61. The highest BCUT2D eigenvalue weighted by Crippen LogP contribution is 2.22. The Hall–Kier alpha value is -1.20. The number of aromatic nitrogens is 1. The van der Waals surface area contributed by atoms with Gasteiger partial charge in [0.05, 0.1) is 16.7 Å². The zero-order valence-electron chi connectivity index (χ0n) is 12.1. The van der Waals surface area contributed by atoms with Crippen molar-refractivity contribution < 1.29 is 4.79 Å². The zero-order valence-corrected chi connectivity index (χ0v) is 12.9. The van der Waals surface area contributed by atoms with Crippen molar-refractivity contribution in [3.8, 4) is 0 Å². The Morgan fingerprint density at radius 2 is 2.16 bits per heavy atom. The van der Waals surface area contributed by atoms with E-state index in [2.05, 4.69) is 41.4 Å². The lowest BCUT2D eigenvalue weighted by molar-refractivity contribution is -0.122. The summed E-state index contributed by atoms with van der Waals surface area (Å²) in [5.74, 6) is 0.422. The Morgan fingerprint density at radius 1 is 1.47 bits per heavy atom. The number of nitrogens with one attached hydrogen (secondary N) is 2. The number of rotatable bonds is 7. The Bertz CT molecular complexity index is 428. The second kappa shape index (κ2) is 7.40. The lowest BCUT2D eigenvalue weighted by atomic mass is 10.2. The maximum Gasteiger partial charge on any atom is 0.237 e. The smallest absolute Gasteiger partial charge is 0.237 e. The standard InChI is InChI=1S/C14H23N3OS/c1-6-7-15-13(18)11(5)16-10(4)12-8-19-14(17-12)9(2)3/h6,8-11,16H,1,7H2,2-5H3,(H,15,18)/t10-,11-/m1/s1. The first kappa shape index (κ1) is 15.9. The molecule has 1 aromatic rings. The van der Waals surface area contributed by atoms with Crippen molar-refractivity contribution in [2.24, 2.45) is 0 Å². The molecule has 0 aliphatic rings. The summed E-state index contributed by atoms with van der Waals surface area (Å²) in [5.41, 5.74) is 0.997. The van der Waals surface area contributed by atoms with Crippen LogP contribution in [0, 0.1) is 0 Å². The van der Waals surface area contributed by atoms with Gasteiger partial charge in [-0.25, -0.2) is 4.98 Å². The molecule has 0 aliphatic carbocycles. The van der Waals surface area contributed by atoms with Crippen molar-refractivity contribution in [2.45, 2.75) is 45.7 Å². The number of carbonyl (C=O) groups is 1. The molecule has 0 bridgehead atoms. The molecule has 1 amide bonds. The summed E-state index contributed by atoms with van der Waals surface area (Å²) in [5, 5.41) is 9.22. The third kappa shape index (κ3) is 4.76. The molecule has 106 valence electrons. The maximum absolute atomic E-state index is 11.7. The molecule has 0 aliphatic heterocycles. The van der Waals surface area contributed by atoms with E-state index >= 15 is 0 Å². The van der Waals surface area contributed by atoms with E-state index in [1.54, 1.807) is 17.4 Å². The molecule has 2 N–H and O–H groups in total. The summed E-state index contributed by atoms with van der Waals surface area (Å²) < 4.78 is 0. The molecule has 0 fully saturated rings. The van der Waals surface area contributed by atoms with Gasteiger partial charge < -0.3 is 5.32 Å². The van der Waals surface area contributed by atoms with Gasteiger partial charge in [0.25, 0.3) is 0 Å². The molecule has 1 aromatic heterocycles. The van der Waals surface area contributed by atoms with E-state index in [-0.39, 0.29) is 18.0 Å². The van der Waals surface area contributed by atoms with Crippen molar-refractivity contribution in [1.29, 1.82) is 0 Å². The van der Waals surface area contributed by atoms with Gasteiger partial charge in [-0.3, -0.25) is 10.1 Å². The SMILES string of the molecule is C=CCNC(=O)[C@@H](C)N[C@H](C)c1csc(C(C)C)n1. The van der Waals surface area contributed by atoms with E-state index < -0.39 is 0 Å². The molecule has 19 heavy (non-hydrogen) atoms. The second-order valence-electron chi connectivity index (χ2n) is 4.91. The van der Waals surface area contributed by atoms with E-state index in [1.165, 1.54) is 0 Å². The van der Waals surface area contributed by atoms with Crippen LogP contribution in [0.4, 0.5) is 0 Å². The summed E-state index contributed by atoms with van der Waals surface area (Å²) in [4.78, 5) is 16.3. The normalized spacial score (nSPS) is 14.2. The number of thiazole rings is 1. The van der Waals surface area contributed by atoms with E-state index in [1.807, 2.05) is 13.8 Å². The van der Waals surface area contributed by atoms with Crippen LogP contribution in [0.15, 0.2) is 18.0 Å². The van der Waals surface area contributed by atoms with Crippen molar-refractivity contribution in [3.63, 3.8) is 0 Å². The van der Waals surface area contributed by atoms with Crippen LogP contribution in [0.1, 0.15) is 50.4 Å². The molecular formula is C14H23N3OS. The predicted molar refractivity (Wildman–Crippen MR) is 80.4 cm³/mol. The fourth-order valence-electron chi connectivity index (χ4n) is 1.63. The summed E-state index contributed by atoms with van der Waals surface area (Å²) in [6.45, 7) is 12.2. The van der Waals surface area contributed by atoms with Crippen LogP contribution in [0.2, 0.25) is 0 Å². The molecule has 0 saturated heterocycles. The van der Waals surface area contributed by atoms with E-state index in [4.69, 9.17) is 0 Å². The van der Waals surface area contributed by atoms with E-state index in [0.29, 0.717) is 12.5 Å². The van der Waals surface area contributed by atoms with Gasteiger partial charge >= 0.3 is 0 Å². The summed E-state index contributed by atoms with van der Waals surface area (Å²) in [6.07, 6.45) is 1.67. The van der Waals surface area contributed by atoms with Gasteiger partial charge in [0.15, 0.2) is 0 Å².